The van der Waals surface area contributed by atoms with Crippen molar-refractivity contribution in [2.75, 3.05) is 31.1 Å². The minimum atomic E-state index is -0.263. The lowest BCUT2D eigenvalue weighted by atomic mass is 10.2. The quantitative estimate of drug-likeness (QED) is 0.472. The Hall–Kier alpha value is -3.04. The summed E-state index contributed by atoms with van der Waals surface area (Å²) >= 11 is 3.01. The molecule has 4 heterocycles. The molecule has 31 heavy (non-hydrogen) atoms. The Balaban J connectivity index is 1.31. The first-order chi connectivity index (χ1) is 15.1. The number of hydrogen-bond acceptors (Lipinski definition) is 6. The van der Waals surface area contributed by atoms with E-state index in [1.807, 2.05) is 22.9 Å². The Bertz CT molecular complexity index is 1270. The number of hydrogen-bond donors (Lipinski definition) is 0. The summed E-state index contributed by atoms with van der Waals surface area (Å²) in [6.45, 7) is 2.41. The number of aromatic nitrogens is 2. The van der Waals surface area contributed by atoms with Crippen molar-refractivity contribution < 1.29 is 9.18 Å². The van der Waals surface area contributed by atoms with Crippen LogP contribution in [-0.4, -0.2) is 46.5 Å². The topological polar surface area (TPSA) is 58.4 Å². The van der Waals surface area contributed by atoms with E-state index in [1.54, 1.807) is 28.4 Å². The van der Waals surface area contributed by atoms with Crippen LogP contribution in [0.4, 0.5) is 10.1 Å². The van der Waals surface area contributed by atoms with E-state index in [4.69, 9.17) is 0 Å². The van der Waals surface area contributed by atoms with Crippen LogP contribution in [0.15, 0.2) is 58.3 Å². The number of halogens is 1. The lowest BCUT2D eigenvalue weighted by Crippen LogP contribution is -2.50. The zero-order valence-corrected chi connectivity index (χ0v) is 18.2. The molecule has 0 unspecified atom stereocenters. The Kier molecular flexibility index (Phi) is 5.29. The summed E-state index contributed by atoms with van der Waals surface area (Å²) in [6, 6.07) is 10.3. The van der Waals surface area contributed by atoms with Gasteiger partial charge in [-0.1, -0.05) is 6.07 Å². The van der Waals surface area contributed by atoms with Crippen LogP contribution < -0.4 is 10.5 Å². The largest absolute Gasteiger partial charge is 0.368 e. The van der Waals surface area contributed by atoms with E-state index in [-0.39, 0.29) is 23.8 Å². The molecule has 0 spiro atoms. The van der Waals surface area contributed by atoms with Gasteiger partial charge in [-0.2, -0.15) is 0 Å². The maximum Gasteiger partial charge on any atom is 0.263 e. The van der Waals surface area contributed by atoms with Gasteiger partial charge in [0.05, 0.1) is 11.7 Å². The van der Waals surface area contributed by atoms with Crippen molar-refractivity contribution in [3.05, 3.63) is 69.7 Å². The summed E-state index contributed by atoms with van der Waals surface area (Å²) in [4.78, 5) is 36.0. The average Bonchev–Trinajstić information content (AvgIpc) is 3.46. The molecule has 1 amide bonds. The summed E-state index contributed by atoms with van der Waals surface area (Å²) < 4.78 is 14.5. The van der Waals surface area contributed by atoms with Crippen molar-refractivity contribution in [1.29, 1.82) is 0 Å². The maximum atomic E-state index is 13.1. The molecule has 5 rings (SSSR count). The molecule has 1 aromatic carbocycles. The van der Waals surface area contributed by atoms with Crippen LogP contribution in [0.25, 0.3) is 20.7 Å². The third-order valence-corrected chi connectivity index (χ3v) is 7.27. The number of nitrogens with zero attached hydrogens (tertiary/aromatic N) is 4. The van der Waals surface area contributed by atoms with Gasteiger partial charge in [0.15, 0.2) is 0 Å². The third-order valence-electron chi connectivity index (χ3n) is 5.48. The number of benzene rings is 1. The highest BCUT2D eigenvalue weighted by Crippen LogP contribution is 2.33. The van der Waals surface area contributed by atoms with Crippen molar-refractivity contribution in [2.24, 2.45) is 0 Å². The molecule has 0 N–H and O–H groups in total. The standard InChI is InChI=1S/C22H19FN4O2S2/c23-15-3-5-16(6-4-15)25-7-9-26(10-8-25)19(28)12-27-14-24-21-20(22(27)29)17(13-31-21)18-2-1-11-30-18/h1-6,11,13-14H,7-10,12H2. The van der Waals surface area contributed by atoms with Gasteiger partial charge < -0.3 is 9.80 Å². The summed E-state index contributed by atoms with van der Waals surface area (Å²) in [7, 11) is 0. The molecule has 0 aliphatic carbocycles. The monoisotopic (exact) mass is 454 g/mol. The minimum absolute atomic E-state index is 0.0297. The third kappa shape index (κ3) is 3.86. The Labute approximate surface area is 185 Å². The molecular formula is C22H19FN4O2S2. The van der Waals surface area contributed by atoms with Crippen molar-refractivity contribution in [2.45, 2.75) is 6.54 Å². The van der Waals surface area contributed by atoms with Gasteiger partial charge in [-0.25, -0.2) is 9.37 Å². The molecule has 1 aliphatic heterocycles. The Morgan fingerprint density at radius 2 is 1.84 bits per heavy atom. The van der Waals surface area contributed by atoms with Gasteiger partial charge in [0.2, 0.25) is 5.91 Å². The van der Waals surface area contributed by atoms with Gasteiger partial charge >= 0.3 is 0 Å². The fraction of sp³-hybridized carbons (Fsp3) is 0.227. The van der Waals surface area contributed by atoms with E-state index in [9.17, 15) is 14.0 Å². The van der Waals surface area contributed by atoms with Crippen molar-refractivity contribution >= 4 is 44.5 Å². The van der Waals surface area contributed by atoms with E-state index in [1.165, 1.54) is 34.4 Å². The number of piperazine rings is 1. The molecule has 0 bridgehead atoms. The first-order valence-corrected chi connectivity index (χ1v) is 11.6. The van der Waals surface area contributed by atoms with Crippen molar-refractivity contribution in [3.63, 3.8) is 0 Å². The zero-order chi connectivity index (χ0) is 21.4. The summed E-state index contributed by atoms with van der Waals surface area (Å²) in [5, 5.41) is 4.50. The van der Waals surface area contributed by atoms with Gasteiger partial charge in [-0.15, -0.1) is 22.7 Å². The summed E-state index contributed by atoms with van der Waals surface area (Å²) in [5.41, 5.74) is 1.63. The molecule has 1 saturated heterocycles. The molecule has 9 heteroatoms. The Morgan fingerprint density at radius 1 is 1.06 bits per heavy atom. The van der Waals surface area contributed by atoms with E-state index < -0.39 is 0 Å². The molecule has 158 valence electrons. The average molecular weight is 455 g/mol. The van der Waals surface area contributed by atoms with Crippen LogP contribution in [0.1, 0.15) is 0 Å². The predicted molar refractivity (Wildman–Crippen MR) is 122 cm³/mol. The molecule has 1 aliphatic rings. The maximum absolute atomic E-state index is 13.1. The van der Waals surface area contributed by atoms with Gasteiger partial charge in [0, 0.05) is 47.7 Å². The normalized spacial score (nSPS) is 14.4. The second-order valence-corrected chi connectivity index (χ2v) is 9.13. The van der Waals surface area contributed by atoms with Crippen LogP contribution in [0, 0.1) is 5.82 Å². The van der Waals surface area contributed by atoms with Crippen molar-refractivity contribution in [1.82, 2.24) is 14.5 Å². The second-order valence-electron chi connectivity index (χ2n) is 7.33. The zero-order valence-electron chi connectivity index (χ0n) is 16.5. The molecule has 4 aromatic rings. The van der Waals surface area contributed by atoms with Crippen LogP contribution >= 0.6 is 22.7 Å². The molecule has 0 radical (unpaired) electrons. The molecular weight excluding hydrogens is 435 g/mol. The lowest BCUT2D eigenvalue weighted by Gasteiger charge is -2.36. The first-order valence-electron chi connectivity index (χ1n) is 9.89. The van der Waals surface area contributed by atoms with Gasteiger partial charge in [-0.05, 0) is 35.7 Å². The first kappa shape index (κ1) is 19.9. The van der Waals surface area contributed by atoms with Gasteiger partial charge in [-0.3, -0.25) is 14.2 Å². The SMILES string of the molecule is O=C(Cn1cnc2scc(-c3cccs3)c2c1=O)N1CCN(c2ccc(F)cc2)CC1. The van der Waals surface area contributed by atoms with Crippen LogP contribution in [0.5, 0.6) is 0 Å². The highest BCUT2D eigenvalue weighted by atomic mass is 32.1. The molecule has 0 atom stereocenters. The van der Waals surface area contributed by atoms with Crippen LogP contribution in [0.3, 0.4) is 0 Å². The van der Waals surface area contributed by atoms with Crippen LogP contribution in [-0.2, 0) is 11.3 Å². The predicted octanol–water partition coefficient (Wildman–Crippen LogP) is 3.67. The number of thiophene rings is 2. The lowest BCUT2D eigenvalue weighted by molar-refractivity contribution is -0.132. The van der Waals surface area contributed by atoms with E-state index in [0.717, 1.165) is 16.1 Å². The fourth-order valence-corrected chi connectivity index (χ4v) is 5.53. The van der Waals surface area contributed by atoms with E-state index in [0.29, 0.717) is 36.4 Å². The van der Waals surface area contributed by atoms with E-state index >= 15 is 0 Å². The smallest absolute Gasteiger partial charge is 0.263 e. The molecule has 1 fully saturated rings. The second kappa shape index (κ2) is 8.24. The summed E-state index contributed by atoms with van der Waals surface area (Å²) in [5.74, 6) is -0.364. The molecule has 3 aromatic heterocycles. The van der Waals surface area contributed by atoms with E-state index in [2.05, 4.69) is 9.88 Å². The number of rotatable bonds is 4. The van der Waals surface area contributed by atoms with Crippen LogP contribution in [0.2, 0.25) is 0 Å². The number of carbonyl (C=O) groups is 1. The minimum Gasteiger partial charge on any atom is -0.368 e. The summed E-state index contributed by atoms with van der Waals surface area (Å²) in [6.07, 6.45) is 1.46. The molecule has 6 nitrogen and oxygen atoms in total. The Morgan fingerprint density at radius 3 is 2.55 bits per heavy atom. The van der Waals surface area contributed by atoms with Crippen molar-refractivity contribution in [3.8, 4) is 10.4 Å². The molecule has 0 saturated carbocycles. The number of anilines is 1. The highest BCUT2D eigenvalue weighted by Gasteiger charge is 2.23. The fourth-order valence-electron chi connectivity index (χ4n) is 3.81. The van der Waals surface area contributed by atoms with Gasteiger partial charge in [0.25, 0.3) is 5.56 Å². The van der Waals surface area contributed by atoms with Gasteiger partial charge in [0.1, 0.15) is 17.2 Å². The number of fused-ring (bicyclic) bond motifs is 1. The highest BCUT2D eigenvalue weighted by molar-refractivity contribution is 7.18. The number of carbonyl (C=O) groups excluding carboxylic acids is 1. The number of amides is 1.